The lowest BCUT2D eigenvalue weighted by Gasteiger charge is -2.36. The number of rotatable bonds is 8. The Bertz CT molecular complexity index is 411. The van der Waals surface area contributed by atoms with Crippen molar-refractivity contribution in [3.05, 3.63) is 0 Å². The zero-order chi connectivity index (χ0) is 18.8. The van der Waals surface area contributed by atoms with Crippen LogP contribution < -0.4 is 5.32 Å². The Morgan fingerprint density at radius 1 is 1.15 bits per heavy atom. The Morgan fingerprint density at radius 2 is 1.78 bits per heavy atom. The van der Waals surface area contributed by atoms with Gasteiger partial charge in [0.2, 0.25) is 0 Å². The van der Waals surface area contributed by atoms with E-state index in [1.54, 1.807) is 0 Å². The maximum absolute atomic E-state index is 5.51. The summed E-state index contributed by atoms with van der Waals surface area (Å²) in [7, 11) is 2.17. The van der Waals surface area contributed by atoms with Crippen molar-refractivity contribution in [1.82, 2.24) is 15.1 Å². The zero-order valence-electron chi connectivity index (χ0n) is 17.8. The molecule has 2 rings (SSSR count). The van der Waals surface area contributed by atoms with E-state index in [2.05, 4.69) is 42.9 Å². The molecule has 0 aromatic heterocycles. The third-order valence-corrected chi connectivity index (χ3v) is 5.62. The van der Waals surface area contributed by atoms with E-state index in [1.807, 2.05) is 0 Å². The van der Waals surface area contributed by atoms with E-state index in [4.69, 9.17) is 14.5 Å². The van der Waals surface area contributed by atoms with Crippen molar-refractivity contribution < 1.29 is 9.47 Å². The van der Waals surface area contributed by atoms with Crippen molar-refractivity contribution in [2.75, 3.05) is 66.2 Å². The fourth-order valence-electron chi connectivity index (χ4n) is 3.82. The number of morpholine rings is 1. The molecule has 0 amide bonds. The number of ether oxygens (including phenoxy) is 2. The van der Waals surface area contributed by atoms with E-state index in [-0.39, 0.29) is 24.0 Å². The van der Waals surface area contributed by atoms with Gasteiger partial charge < -0.3 is 19.7 Å². The van der Waals surface area contributed by atoms with Crippen LogP contribution in [0.1, 0.15) is 40.0 Å². The minimum atomic E-state index is 0. The Morgan fingerprint density at radius 3 is 2.37 bits per heavy atom. The summed E-state index contributed by atoms with van der Waals surface area (Å²) >= 11 is 0. The van der Waals surface area contributed by atoms with Crippen LogP contribution in [0.15, 0.2) is 4.99 Å². The summed E-state index contributed by atoms with van der Waals surface area (Å²) in [5, 5.41) is 3.48. The summed E-state index contributed by atoms with van der Waals surface area (Å²) in [6.45, 7) is 15.2. The van der Waals surface area contributed by atoms with Gasteiger partial charge in [-0.15, -0.1) is 24.0 Å². The van der Waals surface area contributed by atoms with Crippen molar-refractivity contribution >= 4 is 29.9 Å². The van der Waals surface area contributed by atoms with Crippen molar-refractivity contribution in [3.8, 4) is 0 Å². The first-order chi connectivity index (χ1) is 12.6. The van der Waals surface area contributed by atoms with Crippen LogP contribution in [0.5, 0.6) is 0 Å². The molecular formula is C20H41IN4O2. The van der Waals surface area contributed by atoms with Crippen molar-refractivity contribution in [2.45, 2.75) is 46.1 Å². The highest BCUT2D eigenvalue weighted by Crippen LogP contribution is 2.18. The summed E-state index contributed by atoms with van der Waals surface area (Å²) in [6, 6.07) is 0.483. The van der Waals surface area contributed by atoms with Crippen LogP contribution in [0.3, 0.4) is 0 Å². The number of halogens is 1. The fraction of sp³-hybridized carbons (Fsp3) is 0.950. The molecule has 2 heterocycles. The normalized spacial score (nSPS) is 21.0. The number of hydrogen-bond acceptors (Lipinski definition) is 4. The number of hydrogen-bond donors (Lipinski definition) is 1. The smallest absolute Gasteiger partial charge is 0.193 e. The van der Waals surface area contributed by atoms with E-state index in [1.165, 1.54) is 19.3 Å². The largest absolute Gasteiger partial charge is 0.381 e. The second-order valence-electron chi connectivity index (χ2n) is 7.92. The average Bonchev–Trinajstić information content (AvgIpc) is 2.67. The third-order valence-electron chi connectivity index (χ3n) is 5.62. The maximum Gasteiger partial charge on any atom is 0.193 e. The van der Waals surface area contributed by atoms with Gasteiger partial charge in [-0.05, 0) is 38.0 Å². The van der Waals surface area contributed by atoms with E-state index in [0.717, 1.165) is 71.0 Å². The average molecular weight is 496 g/mol. The first-order valence-corrected chi connectivity index (χ1v) is 10.5. The highest BCUT2D eigenvalue weighted by Gasteiger charge is 2.24. The summed E-state index contributed by atoms with van der Waals surface area (Å²) < 4.78 is 11.0. The van der Waals surface area contributed by atoms with Gasteiger partial charge >= 0.3 is 0 Å². The van der Waals surface area contributed by atoms with Crippen LogP contribution in [-0.4, -0.2) is 88.0 Å². The van der Waals surface area contributed by atoms with E-state index in [0.29, 0.717) is 12.0 Å². The first-order valence-electron chi connectivity index (χ1n) is 10.5. The predicted molar refractivity (Wildman–Crippen MR) is 123 cm³/mol. The molecule has 0 aliphatic carbocycles. The molecule has 0 bridgehead atoms. The van der Waals surface area contributed by atoms with Crippen molar-refractivity contribution in [3.63, 3.8) is 0 Å². The van der Waals surface area contributed by atoms with E-state index in [9.17, 15) is 0 Å². The molecule has 0 saturated carbocycles. The predicted octanol–water partition coefficient (Wildman–Crippen LogP) is 2.68. The summed E-state index contributed by atoms with van der Waals surface area (Å²) in [4.78, 5) is 9.84. The highest BCUT2D eigenvalue weighted by molar-refractivity contribution is 14.0. The quantitative estimate of drug-likeness (QED) is 0.318. The molecule has 0 spiro atoms. The molecule has 160 valence electrons. The van der Waals surface area contributed by atoms with Crippen LogP contribution in [0, 0.1) is 11.8 Å². The number of aliphatic imine (C=N–C) groups is 1. The summed E-state index contributed by atoms with van der Waals surface area (Å²) in [5.41, 5.74) is 0. The third kappa shape index (κ3) is 8.83. The molecule has 0 aromatic carbocycles. The molecule has 6 nitrogen and oxygen atoms in total. The van der Waals surface area contributed by atoms with Gasteiger partial charge in [-0.25, -0.2) is 0 Å². The molecule has 7 heteroatoms. The molecule has 1 atom stereocenters. The van der Waals surface area contributed by atoms with Gasteiger partial charge in [-0.3, -0.25) is 9.89 Å². The van der Waals surface area contributed by atoms with E-state index < -0.39 is 0 Å². The molecule has 0 aromatic rings. The zero-order valence-corrected chi connectivity index (χ0v) is 20.1. The number of nitrogens with one attached hydrogen (secondary N) is 1. The maximum atomic E-state index is 5.51. The van der Waals surface area contributed by atoms with Crippen LogP contribution in [0.25, 0.3) is 0 Å². The van der Waals surface area contributed by atoms with Gasteiger partial charge in [-0.2, -0.15) is 0 Å². The van der Waals surface area contributed by atoms with Gasteiger partial charge in [0.15, 0.2) is 5.96 Å². The van der Waals surface area contributed by atoms with Crippen molar-refractivity contribution in [2.24, 2.45) is 16.8 Å². The van der Waals surface area contributed by atoms with Crippen LogP contribution in [0.4, 0.5) is 0 Å². The summed E-state index contributed by atoms with van der Waals surface area (Å²) in [6.07, 6.45) is 3.63. The standard InChI is InChI=1S/C20H40N4O2.HI/c1-5-21-20(23(4)9-6-18-7-12-25-13-8-18)22-16-19(17(2)3)24-10-14-26-15-11-24;/h17-19H,5-16H2,1-4H3,(H,21,22);1H. The van der Waals surface area contributed by atoms with Crippen LogP contribution in [0.2, 0.25) is 0 Å². The lowest BCUT2D eigenvalue weighted by Crippen LogP contribution is -2.48. The Kier molecular flexibility index (Phi) is 12.9. The van der Waals surface area contributed by atoms with Crippen LogP contribution in [-0.2, 0) is 9.47 Å². The molecule has 2 aliphatic rings. The minimum absolute atomic E-state index is 0. The first kappa shape index (κ1) is 24.9. The van der Waals surface area contributed by atoms with Gasteiger partial charge in [0.1, 0.15) is 0 Å². The molecule has 2 fully saturated rings. The Hall–Kier alpha value is -0.120. The molecule has 1 N–H and O–H groups in total. The Balaban J connectivity index is 0.00000364. The highest BCUT2D eigenvalue weighted by atomic mass is 127. The molecule has 2 aliphatic heterocycles. The number of guanidine groups is 1. The molecule has 0 radical (unpaired) electrons. The van der Waals surface area contributed by atoms with Gasteiger partial charge in [0.25, 0.3) is 0 Å². The van der Waals surface area contributed by atoms with Gasteiger partial charge in [0, 0.05) is 52.5 Å². The SMILES string of the molecule is CCNC(=NCC(C(C)C)N1CCOCC1)N(C)CCC1CCOCC1.I. The van der Waals surface area contributed by atoms with Crippen LogP contribution >= 0.6 is 24.0 Å². The monoisotopic (exact) mass is 496 g/mol. The molecule has 27 heavy (non-hydrogen) atoms. The lowest BCUT2D eigenvalue weighted by molar-refractivity contribution is 0.00863. The van der Waals surface area contributed by atoms with E-state index >= 15 is 0 Å². The van der Waals surface area contributed by atoms with Gasteiger partial charge in [0.05, 0.1) is 19.8 Å². The minimum Gasteiger partial charge on any atom is -0.381 e. The molecular weight excluding hydrogens is 455 g/mol. The molecule has 1 unspecified atom stereocenters. The summed E-state index contributed by atoms with van der Waals surface area (Å²) in [5.74, 6) is 2.43. The topological polar surface area (TPSA) is 49.3 Å². The fourth-order valence-corrected chi connectivity index (χ4v) is 3.82. The second kappa shape index (κ2) is 14.0. The number of nitrogens with zero attached hydrogens (tertiary/aromatic N) is 3. The lowest BCUT2D eigenvalue weighted by atomic mass is 9.96. The van der Waals surface area contributed by atoms with Gasteiger partial charge in [-0.1, -0.05) is 13.8 Å². The second-order valence-corrected chi connectivity index (χ2v) is 7.92. The van der Waals surface area contributed by atoms with Crippen molar-refractivity contribution in [1.29, 1.82) is 0 Å². The molecule has 2 saturated heterocycles. The Labute approximate surface area is 183 Å².